The lowest BCUT2D eigenvalue weighted by Crippen LogP contribution is -2.32. The number of furan rings is 1. The van der Waals surface area contributed by atoms with Gasteiger partial charge in [-0.05, 0) is 36.4 Å². The van der Waals surface area contributed by atoms with Crippen LogP contribution in [0, 0.1) is 0 Å². The second kappa shape index (κ2) is 7.33. The number of carbonyl (C=O) groups is 1. The normalized spacial score (nSPS) is 17.0. The number of carbonyl (C=O) groups excluding carboxylic acids is 1. The first-order valence-corrected chi connectivity index (χ1v) is 9.46. The van der Waals surface area contributed by atoms with E-state index in [0.717, 1.165) is 28.2 Å². The first kappa shape index (κ1) is 16.8. The van der Waals surface area contributed by atoms with E-state index in [9.17, 15) is 4.79 Å². The summed E-state index contributed by atoms with van der Waals surface area (Å²) < 4.78 is 16.9. The minimum Gasteiger partial charge on any atom is -0.497 e. The van der Waals surface area contributed by atoms with Gasteiger partial charge in [0.2, 0.25) is 5.91 Å². The molecule has 1 aliphatic rings. The molecule has 0 radical (unpaired) electrons. The lowest BCUT2D eigenvalue weighted by Gasteiger charge is -2.22. The van der Waals surface area contributed by atoms with Crippen molar-refractivity contribution in [2.24, 2.45) is 0 Å². The van der Waals surface area contributed by atoms with Crippen molar-refractivity contribution in [2.45, 2.75) is 5.37 Å². The van der Waals surface area contributed by atoms with Crippen LogP contribution in [0.5, 0.6) is 11.5 Å². The molecule has 0 spiro atoms. The van der Waals surface area contributed by atoms with Gasteiger partial charge in [0.25, 0.3) is 0 Å². The van der Waals surface area contributed by atoms with Crippen LogP contribution in [0.15, 0.2) is 59.0 Å². The molecule has 1 amide bonds. The second-order valence-corrected chi connectivity index (χ2v) is 7.03. The highest BCUT2D eigenvalue weighted by Gasteiger charge is 2.34. The molecule has 0 bridgehead atoms. The Balaban J connectivity index is 1.42. The Morgan fingerprint density at radius 1 is 1.15 bits per heavy atom. The summed E-state index contributed by atoms with van der Waals surface area (Å²) in [6, 6.07) is 17.3. The van der Waals surface area contributed by atoms with Gasteiger partial charge in [-0.1, -0.05) is 18.2 Å². The molecule has 4 rings (SSSR count). The molecule has 1 fully saturated rings. The fraction of sp³-hybridized carbons (Fsp3) is 0.250. The third-order valence-corrected chi connectivity index (χ3v) is 5.53. The Bertz CT molecular complexity index is 873. The molecule has 0 N–H and O–H groups in total. The van der Waals surface area contributed by atoms with Crippen LogP contribution in [0.2, 0.25) is 0 Å². The molecule has 26 heavy (non-hydrogen) atoms. The van der Waals surface area contributed by atoms with Gasteiger partial charge in [-0.3, -0.25) is 4.79 Å². The van der Waals surface area contributed by atoms with Gasteiger partial charge in [0.05, 0.1) is 19.4 Å². The second-order valence-electron chi connectivity index (χ2n) is 5.96. The summed E-state index contributed by atoms with van der Waals surface area (Å²) in [5.41, 5.74) is 0.844. The van der Waals surface area contributed by atoms with Gasteiger partial charge < -0.3 is 18.8 Å². The molecule has 2 aromatic carbocycles. The van der Waals surface area contributed by atoms with Crippen LogP contribution in [-0.4, -0.2) is 36.8 Å². The van der Waals surface area contributed by atoms with Gasteiger partial charge in [0.15, 0.2) is 0 Å². The Morgan fingerprint density at radius 3 is 2.69 bits per heavy atom. The molecule has 134 valence electrons. The fourth-order valence-electron chi connectivity index (χ4n) is 2.99. The number of ether oxygens (including phenoxy) is 2. The molecule has 1 unspecified atom stereocenters. The fourth-order valence-corrected chi connectivity index (χ4v) is 4.14. The van der Waals surface area contributed by atoms with E-state index in [1.54, 1.807) is 18.9 Å². The van der Waals surface area contributed by atoms with Gasteiger partial charge in [0.1, 0.15) is 34.8 Å². The molecular formula is C20H19NO4S. The van der Waals surface area contributed by atoms with E-state index < -0.39 is 0 Å². The third-order valence-electron chi connectivity index (χ3n) is 4.32. The zero-order valence-corrected chi connectivity index (χ0v) is 15.2. The van der Waals surface area contributed by atoms with Crippen molar-refractivity contribution in [3.05, 3.63) is 60.4 Å². The van der Waals surface area contributed by atoms with Crippen molar-refractivity contribution in [2.75, 3.05) is 26.0 Å². The van der Waals surface area contributed by atoms with Gasteiger partial charge in [-0.2, -0.15) is 0 Å². The van der Waals surface area contributed by atoms with Crippen LogP contribution in [0.4, 0.5) is 0 Å². The maximum atomic E-state index is 12.3. The highest BCUT2D eigenvalue weighted by atomic mass is 32.2. The Morgan fingerprint density at radius 2 is 1.92 bits per heavy atom. The van der Waals surface area contributed by atoms with Crippen LogP contribution in [0.25, 0.3) is 11.0 Å². The zero-order valence-electron chi connectivity index (χ0n) is 14.4. The van der Waals surface area contributed by atoms with E-state index in [2.05, 4.69) is 0 Å². The van der Waals surface area contributed by atoms with E-state index in [1.807, 2.05) is 59.5 Å². The number of rotatable bonds is 6. The number of nitrogens with zero attached hydrogens (tertiary/aromatic N) is 1. The van der Waals surface area contributed by atoms with E-state index in [4.69, 9.17) is 13.9 Å². The van der Waals surface area contributed by atoms with Crippen LogP contribution in [-0.2, 0) is 4.79 Å². The maximum absolute atomic E-state index is 12.3. The van der Waals surface area contributed by atoms with E-state index in [0.29, 0.717) is 18.9 Å². The summed E-state index contributed by atoms with van der Waals surface area (Å²) in [5.74, 6) is 2.92. The van der Waals surface area contributed by atoms with E-state index in [-0.39, 0.29) is 11.3 Å². The van der Waals surface area contributed by atoms with Crippen LogP contribution >= 0.6 is 11.8 Å². The predicted octanol–water partition coefficient (Wildman–Crippen LogP) is 4.09. The average Bonchev–Trinajstić information content (AvgIpc) is 3.26. The minimum absolute atomic E-state index is 0.102. The van der Waals surface area contributed by atoms with E-state index >= 15 is 0 Å². The standard InChI is InChI=1S/C20H19NO4S/c1-23-15-6-8-16(9-7-15)24-11-10-21-19(22)13-26-20(21)18-12-14-4-2-3-5-17(14)25-18/h2-9,12,20H,10-11,13H2,1H3. The number of thioether (sulfide) groups is 1. The van der Waals surface area contributed by atoms with Crippen molar-refractivity contribution in [3.63, 3.8) is 0 Å². The number of benzene rings is 2. The molecule has 3 aromatic rings. The summed E-state index contributed by atoms with van der Waals surface area (Å²) in [6.07, 6.45) is 0. The average molecular weight is 369 g/mol. The highest BCUT2D eigenvalue weighted by Crippen LogP contribution is 2.40. The quantitative estimate of drug-likeness (QED) is 0.655. The maximum Gasteiger partial charge on any atom is 0.234 e. The number of para-hydroxylation sites is 1. The monoisotopic (exact) mass is 369 g/mol. The smallest absolute Gasteiger partial charge is 0.234 e. The largest absolute Gasteiger partial charge is 0.497 e. The Kier molecular flexibility index (Phi) is 4.75. The lowest BCUT2D eigenvalue weighted by atomic mass is 10.2. The van der Waals surface area contributed by atoms with Crippen LogP contribution in [0.3, 0.4) is 0 Å². The summed E-state index contributed by atoms with van der Waals surface area (Å²) in [7, 11) is 1.63. The molecule has 6 heteroatoms. The van der Waals surface area contributed by atoms with Crippen LogP contribution in [0.1, 0.15) is 11.1 Å². The summed E-state index contributed by atoms with van der Waals surface area (Å²) in [4.78, 5) is 14.1. The Hall–Kier alpha value is -2.60. The number of hydrogen-bond donors (Lipinski definition) is 0. The Labute approximate surface area is 155 Å². The van der Waals surface area contributed by atoms with Gasteiger partial charge in [-0.15, -0.1) is 11.8 Å². The molecule has 1 aromatic heterocycles. The summed E-state index contributed by atoms with van der Waals surface area (Å²) in [6.45, 7) is 0.939. The molecule has 1 atom stereocenters. The summed E-state index contributed by atoms with van der Waals surface area (Å²) in [5, 5.41) is 0.950. The molecule has 1 aliphatic heterocycles. The highest BCUT2D eigenvalue weighted by molar-refractivity contribution is 8.00. The van der Waals surface area contributed by atoms with Gasteiger partial charge in [-0.25, -0.2) is 0 Å². The zero-order chi connectivity index (χ0) is 17.9. The topological polar surface area (TPSA) is 51.9 Å². The number of hydrogen-bond acceptors (Lipinski definition) is 5. The molecular weight excluding hydrogens is 350 g/mol. The van der Waals surface area contributed by atoms with E-state index in [1.165, 1.54) is 0 Å². The van der Waals surface area contributed by atoms with Crippen molar-refractivity contribution >= 4 is 28.6 Å². The molecule has 0 aliphatic carbocycles. The molecule has 0 saturated carbocycles. The van der Waals surface area contributed by atoms with Crippen molar-refractivity contribution in [1.29, 1.82) is 0 Å². The first-order valence-electron chi connectivity index (χ1n) is 8.41. The number of amides is 1. The summed E-state index contributed by atoms with van der Waals surface area (Å²) >= 11 is 1.59. The predicted molar refractivity (Wildman–Crippen MR) is 102 cm³/mol. The van der Waals surface area contributed by atoms with Crippen LogP contribution < -0.4 is 9.47 Å². The lowest BCUT2D eigenvalue weighted by molar-refractivity contribution is -0.128. The molecule has 5 nitrogen and oxygen atoms in total. The van der Waals surface area contributed by atoms with Crippen molar-refractivity contribution in [3.8, 4) is 11.5 Å². The van der Waals surface area contributed by atoms with Crippen molar-refractivity contribution in [1.82, 2.24) is 4.90 Å². The first-order chi connectivity index (χ1) is 12.7. The number of fused-ring (bicyclic) bond motifs is 1. The van der Waals surface area contributed by atoms with Gasteiger partial charge >= 0.3 is 0 Å². The SMILES string of the molecule is COc1ccc(OCCN2C(=O)CSC2c2cc3ccccc3o2)cc1. The third kappa shape index (κ3) is 3.37. The van der Waals surface area contributed by atoms with Gasteiger partial charge in [0, 0.05) is 5.39 Å². The minimum atomic E-state index is -0.102. The molecule has 2 heterocycles. The van der Waals surface area contributed by atoms with Crippen molar-refractivity contribution < 1.29 is 18.7 Å². The number of methoxy groups -OCH3 is 1. The molecule has 1 saturated heterocycles.